The molecule has 0 radical (unpaired) electrons. The van der Waals surface area contributed by atoms with Crippen LogP contribution in [-0.2, 0) is 4.79 Å². The van der Waals surface area contributed by atoms with Crippen molar-refractivity contribution < 1.29 is 4.79 Å². The van der Waals surface area contributed by atoms with Crippen LogP contribution in [0.25, 0.3) is 0 Å². The first-order valence-electron chi connectivity index (χ1n) is 8.63. The van der Waals surface area contributed by atoms with E-state index in [2.05, 4.69) is 38.0 Å². The molecule has 0 heterocycles. The lowest BCUT2D eigenvalue weighted by Crippen LogP contribution is -2.45. The molecule has 124 valence electrons. The number of carbonyl (C=O) groups is 1. The van der Waals surface area contributed by atoms with Gasteiger partial charge in [0.1, 0.15) is 0 Å². The molecule has 1 rings (SSSR count). The summed E-state index contributed by atoms with van der Waals surface area (Å²) < 4.78 is 0. The van der Waals surface area contributed by atoms with Gasteiger partial charge < -0.3 is 11.1 Å². The van der Waals surface area contributed by atoms with Crippen molar-refractivity contribution in [2.75, 3.05) is 20.1 Å². The maximum Gasteiger partial charge on any atom is 0.234 e. The molecule has 4 heteroatoms. The predicted octanol–water partition coefficient (Wildman–Crippen LogP) is 2.38. The van der Waals surface area contributed by atoms with E-state index in [-0.39, 0.29) is 11.9 Å². The van der Waals surface area contributed by atoms with Crippen molar-refractivity contribution >= 4 is 5.91 Å². The second-order valence-corrected chi connectivity index (χ2v) is 7.20. The Morgan fingerprint density at radius 2 is 2.00 bits per heavy atom. The minimum atomic E-state index is 0.150. The highest BCUT2D eigenvalue weighted by molar-refractivity contribution is 5.78. The van der Waals surface area contributed by atoms with E-state index in [1.54, 1.807) is 0 Å². The summed E-state index contributed by atoms with van der Waals surface area (Å²) in [5.74, 6) is 1.46. The largest absolute Gasteiger partial charge is 0.353 e. The molecule has 0 aliphatic heterocycles. The average Bonchev–Trinajstić information content (AvgIpc) is 2.86. The van der Waals surface area contributed by atoms with E-state index >= 15 is 0 Å². The smallest absolute Gasteiger partial charge is 0.234 e. The lowest BCUT2D eigenvalue weighted by Gasteiger charge is -2.29. The number of carbonyl (C=O) groups excluding carboxylic acids is 1. The third-order valence-corrected chi connectivity index (χ3v) is 4.71. The van der Waals surface area contributed by atoms with Gasteiger partial charge in [-0.15, -0.1) is 0 Å². The quantitative estimate of drug-likeness (QED) is 0.687. The first-order valence-corrected chi connectivity index (χ1v) is 8.63. The highest BCUT2D eigenvalue weighted by atomic mass is 16.2. The van der Waals surface area contributed by atoms with E-state index in [0.717, 1.165) is 18.9 Å². The summed E-state index contributed by atoms with van der Waals surface area (Å²) >= 11 is 0. The zero-order valence-electron chi connectivity index (χ0n) is 14.4. The Balaban J connectivity index is 2.25. The Morgan fingerprint density at radius 3 is 2.62 bits per heavy atom. The normalized spacial score (nSPS) is 23.8. The third kappa shape index (κ3) is 6.79. The SMILES string of the molecule is CC(C)CCCC(C)NC(=O)CN(C)C1CCCC1CN. The van der Waals surface area contributed by atoms with Gasteiger partial charge in [0.2, 0.25) is 5.91 Å². The van der Waals surface area contributed by atoms with Crippen LogP contribution in [0.5, 0.6) is 0 Å². The number of hydrogen-bond acceptors (Lipinski definition) is 3. The van der Waals surface area contributed by atoms with Crippen LogP contribution in [0.2, 0.25) is 0 Å². The molecule has 3 N–H and O–H groups in total. The highest BCUT2D eigenvalue weighted by Gasteiger charge is 2.30. The Bertz CT molecular complexity index is 306. The Morgan fingerprint density at radius 1 is 1.29 bits per heavy atom. The highest BCUT2D eigenvalue weighted by Crippen LogP contribution is 2.28. The molecule has 0 spiro atoms. The van der Waals surface area contributed by atoms with Gasteiger partial charge in [-0.25, -0.2) is 0 Å². The number of nitrogens with zero attached hydrogens (tertiary/aromatic N) is 1. The summed E-state index contributed by atoms with van der Waals surface area (Å²) in [5, 5.41) is 3.13. The van der Waals surface area contributed by atoms with Crippen molar-refractivity contribution in [3.05, 3.63) is 0 Å². The summed E-state index contributed by atoms with van der Waals surface area (Å²) in [4.78, 5) is 14.3. The molecule has 0 bridgehead atoms. The third-order valence-electron chi connectivity index (χ3n) is 4.71. The fraction of sp³-hybridized carbons (Fsp3) is 0.941. The minimum absolute atomic E-state index is 0.150. The molecular weight excluding hydrogens is 262 g/mol. The molecule has 3 atom stereocenters. The Kier molecular flexibility index (Phi) is 8.27. The zero-order chi connectivity index (χ0) is 15.8. The topological polar surface area (TPSA) is 58.4 Å². The van der Waals surface area contributed by atoms with Crippen molar-refractivity contribution in [2.45, 2.75) is 71.4 Å². The fourth-order valence-electron chi connectivity index (χ4n) is 3.44. The van der Waals surface area contributed by atoms with Gasteiger partial charge >= 0.3 is 0 Å². The van der Waals surface area contributed by atoms with Gasteiger partial charge in [0, 0.05) is 12.1 Å². The van der Waals surface area contributed by atoms with E-state index in [4.69, 9.17) is 5.73 Å². The van der Waals surface area contributed by atoms with Crippen LogP contribution < -0.4 is 11.1 Å². The summed E-state index contributed by atoms with van der Waals surface area (Å²) in [6.07, 6.45) is 7.12. The van der Waals surface area contributed by atoms with Crippen LogP contribution in [-0.4, -0.2) is 43.0 Å². The summed E-state index contributed by atoms with van der Waals surface area (Å²) in [5.41, 5.74) is 5.83. The van der Waals surface area contributed by atoms with Crippen molar-refractivity contribution in [3.63, 3.8) is 0 Å². The molecule has 1 aliphatic carbocycles. The van der Waals surface area contributed by atoms with Crippen LogP contribution in [0.3, 0.4) is 0 Å². The van der Waals surface area contributed by atoms with E-state index in [0.29, 0.717) is 18.5 Å². The molecule has 1 amide bonds. The van der Waals surface area contributed by atoms with Gasteiger partial charge in [-0.2, -0.15) is 0 Å². The number of nitrogens with one attached hydrogen (secondary N) is 1. The van der Waals surface area contributed by atoms with Crippen molar-refractivity contribution in [3.8, 4) is 0 Å². The van der Waals surface area contributed by atoms with E-state index < -0.39 is 0 Å². The van der Waals surface area contributed by atoms with Gasteiger partial charge in [0.05, 0.1) is 6.54 Å². The van der Waals surface area contributed by atoms with E-state index in [1.165, 1.54) is 32.1 Å². The van der Waals surface area contributed by atoms with Gasteiger partial charge in [-0.3, -0.25) is 9.69 Å². The molecule has 1 fully saturated rings. The summed E-state index contributed by atoms with van der Waals surface area (Å²) in [6.45, 7) is 7.83. The zero-order valence-corrected chi connectivity index (χ0v) is 14.4. The van der Waals surface area contributed by atoms with Crippen molar-refractivity contribution in [1.29, 1.82) is 0 Å². The first kappa shape index (κ1) is 18.4. The van der Waals surface area contributed by atoms with Gasteiger partial charge in [-0.1, -0.05) is 33.1 Å². The molecule has 4 nitrogen and oxygen atoms in total. The Labute approximate surface area is 130 Å². The minimum Gasteiger partial charge on any atom is -0.353 e. The lowest BCUT2D eigenvalue weighted by atomic mass is 10.0. The van der Waals surface area contributed by atoms with Gasteiger partial charge in [-0.05, 0) is 51.6 Å². The summed E-state index contributed by atoms with van der Waals surface area (Å²) in [6, 6.07) is 0.760. The van der Waals surface area contributed by atoms with Crippen LogP contribution in [0, 0.1) is 11.8 Å². The van der Waals surface area contributed by atoms with Crippen LogP contribution in [0.15, 0.2) is 0 Å². The number of hydrogen-bond donors (Lipinski definition) is 2. The molecule has 1 saturated carbocycles. The number of amides is 1. The standard InChI is InChI=1S/C17H35N3O/c1-13(2)7-5-8-14(3)19-17(21)12-20(4)16-10-6-9-15(16)11-18/h13-16H,5-12,18H2,1-4H3,(H,19,21). The Hall–Kier alpha value is -0.610. The van der Waals surface area contributed by atoms with Crippen LogP contribution >= 0.6 is 0 Å². The van der Waals surface area contributed by atoms with Crippen LogP contribution in [0.4, 0.5) is 0 Å². The molecule has 0 aromatic heterocycles. The van der Waals surface area contributed by atoms with Gasteiger partial charge in [0.15, 0.2) is 0 Å². The maximum absolute atomic E-state index is 12.1. The van der Waals surface area contributed by atoms with E-state index in [1.807, 2.05) is 0 Å². The number of nitrogens with two attached hydrogens (primary N) is 1. The average molecular weight is 297 g/mol. The van der Waals surface area contributed by atoms with E-state index in [9.17, 15) is 4.79 Å². The van der Waals surface area contributed by atoms with Crippen molar-refractivity contribution in [2.24, 2.45) is 17.6 Å². The summed E-state index contributed by atoms with van der Waals surface area (Å²) in [7, 11) is 2.06. The lowest BCUT2D eigenvalue weighted by molar-refractivity contribution is -0.123. The fourth-order valence-corrected chi connectivity index (χ4v) is 3.44. The molecule has 0 aromatic carbocycles. The maximum atomic E-state index is 12.1. The van der Waals surface area contributed by atoms with Crippen molar-refractivity contribution in [1.82, 2.24) is 10.2 Å². The number of likely N-dealkylation sites (N-methyl/N-ethyl adjacent to an activating group) is 1. The van der Waals surface area contributed by atoms with Crippen LogP contribution in [0.1, 0.15) is 59.3 Å². The number of rotatable bonds is 9. The monoisotopic (exact) mass is 297 g/mol. The molecule has 0 aromatic rings. The molecule has 0 saturated heterocycles. The molecule has 3 unspecified atom stereocenters. The second-order valence-electron chi connectivity index (χ2n) is 7.20. The predicted molar refractivity (Wildman–Crippen MR) is 89.1 cm³/mol. The second kappa shape index (κ2) is 9.42. The molecule has 1 aliphatic rings. The first-order chi connectivity index (χ1) is 9.93. The molecular formula is C17H35N3O. The van der Waals surface area contributed by atoms with Gasteiger partial charge in [0.25, 0.3) is 0 Å². The molecule has 21 heavy (non-hydrogen) atoms.